The molecule has 0 unspecified atom stereocenters. The summed E-state index contributed by atoms with van der Waals surface area (Å²) < 4.78 is 17.9. The molecule has 8 heteroatoms. The van der Waals surface area contributed by atoms with Gasteiger partial charge in [0.15, 0.2) is 0 Å². The number of aryl methyl sites for hydroxylation is 2. The van der Waals surface area contributed by atoms with E-state index in [0.717, 1.165) is 61.1 Å². The van der Waals surface area contributed by atoms with Crippen LogP contribution in [0.3, 0.4) is 0 Å². The van der Waals surface area contributed by atoms with E-state index in [4.69, 9.17) is 9.72 Å². The fraction of sp³-hybridized carbons (Fsp3) is 0.111. The molecule has 0 bridgehead atoms. The number of fused-ring (bicyclic) bond motifs is 13. The molecule has 5 heterocycles. The number of benzene rings is 7. The Labute approximate surface area is 372 Å². The van der Waals surface area contributed by atoms with Crippen molar-refractivity contribution < 1.29 is 30.4 Å². The molecular formula is C54H40N6OPt-2. The van der Waals surface area contributed by atoms with Crippen molar-refractivity contribution in [1.82, 2.24) is 23.3 Å². The van der Waals surface area contributed by atoms with Gasteiger partial charge in [0, 0.05) is 78.6 Å². The van der Waals surface area contributed by atoms with Crippen molar-refractivity contribution in [3.8, 4) is 28.7 Å². The van der Waals surface area contributed by atoms with E-state index in [2.05, 4.69) is 169 Å². The summed E-state index contributed by atoms with van der Waals surface area (Å²) in [6.45, 7) is 6.75. The normalized spacial score (nSPS) is 12.1. The molecule has 5 aromatic heterocycles. The van der Waals surface area contributed by atoms with Crippen LogP contribution in [0.15, 0.2) is 152 Å². The monoisotopic (exact) mass is 983 g/mol. The van der Waals surface area contributed by atoms with E-state index >= 15 is 0 Å². The van der Waals surface area contributed by atoms with Crippen LogP contribution in [0.4, 0.5) is 0 Å². The second-order valence-corrected chi connectivity index (χ2v) is 17.0. The van der Waals surface area contributed by atoms with E-state index in [1.165, 1.54) is 38.1 Å². The Bertz CT molecular complexity index is 3750. The van der Waals surface area contributed by atoms with E-state index in [9.17, 15) is 0 Å². The minimum absolute atomic E-state index is 0. The maximum atomic E-state index is 6.73. The zero-order valence-corrected chi connectivity index (χ0v) is 37.1. The average molecular weight is 984 g/mol. The van der Waals surface area contributed by atoms with Gasteiger partial charge in [-0.1, -0.05) is 111 Å². The van der Waals surface area contributed by atoms with Crippen LogP contribution in [0.5, 0.6) is 11.5 Å². The molecule has 7 nitrogen and oxygen atoms in total. The van der Waals surface area contributed by atoms with Crippen molar-refractivity contribution in [2.75, 3.05) is 0 Å². The molecule has 0 aliphatic heterocycles. The van der Waals surface area contributed by atoms with Gasteiger partial charge in [-0.05, 0) is 52.8 Å². The Kier molecular flexibility index (Phi) is 8.61. The maximum Gasteiger partial charge on any atom is 0.242 e. The Hall–Kier alpha value is -6.95. The van der Waals surface area contributed by atoms with Gasteiger partial charge in [-0.2, -0.15) is 18.2 Å². The minimum Gasteiger partial charge on any atom is -0.510 e. The van der Waals surface area contributed by atoms with E-state index in [0.29, 0.717) is 11.5 Å². The van der Waals surface area contributed by atoms with Gasteiger partial charge in [0.05, 0.1) is 40.1 Å². The van der Waals surface area contributed by atoms with Gasteiger partial charge in [-0.15, -0.1) is 29.7 Å². The molecule has 0 aliphatic rings. The van der Waals surface area contributed by atoms with Gasteiger partial charge < -0.3 is 27.6 Å². The number of aromatic nitrogens is 6. The molecule has 0 atom stereocenters. The predicted molar refractivity (Wildman–Crippen MR) is 247 cm³/mol. The molecule has 0 spiro atoms. The first kappa shape index (κ1) is 38.0. The summed E-state index contributed by atoms with van der Waals surface area (Å²) in [7, 11) is 4.21. The molecule has 7 aromatic carbocycles. The Morgan fingerprint density at radius 2 is 1.24 bits per heavy atom. The van der Waals surface area contributed by atoms with Gasteiger partial charge in [0.2, 0.25) is 6.33 Å². The van der Waals surface area contributed by atoms with Gasteiger partial charge in [0.1, 0.15) is 5.82 Å². The first-order chi connectivity index (χ1) is 29.7. The first-order valence-electron chi connectivity index (χ1n) is 20.7. The number of ether oxygens (including phenoxy) is 1. The van der Waals surface area contributed by atoms with Gasteiger partial charge in [0.25, 0.3) is 0 Å². The number of hydrogen-bond acceptors (Lipinski definition) is 2. The fourth-order valence-electron chi connectivity index (χ4n) is 9.58. The summed E-state index contributed by atoms with van der Waals surface area (Å²) in [5.74, 6) is 1.99. The van der Waals surface area contributed by atoms with Crippen LogP contribution in [-0.2, 0) is 40.6 Å². The standard InChI is InChI=1S/C54H40N6O.Pt/c1-54(2,3)34-28-29-55-47(30-34)60-46-32-38(61-37-19-15-18-36(31-37)58-33-56(4)44-24-13-14-25-45(44)58)26-27-41(46)49-48-39-20-9-11-22-42(39)57(5)51(48)50-40-21-10-12-23-43(40)59(53(50)52(49)60)35-16-7-6-8-17-35;/h6-30H,1-5H3;/q-2;. The van der Waals surface area contributed by atoms with Gasteiger partial charge in [-0.25, -0.2) is 4.98 Å². The summed E-state index contributed by atoms with van der Waals surface area (Å²) in [5.41, 5.74) is 11.7. The van der Waals surface area contributed by atoms with Crippen LogP contribution in [0.1, 0.15) is 26.3 Å². The second-order valence-electron chi connectivity index (χ2n) is 17.0. The molecule has 12 aromatic rings. The zero-order chi connectivity index (χ0) is 41.1. The Balaban J connectivity index is 0.00000432. The summed E-state index contributed by atoms with van der Waals surface area (Å²) >= 11 is 0. The predicted octanol–water partition coefficient (Wildman–Crippen LogP) is 12.2. The summed E-state index contributed by atoms with van der Waals surface area (Å²) in [6.07, 6.45) is 5.37. The molecule has 62 heavy (non-hydrogen) atoms. The van der Waals surface area contributed by atoms with Crippen molar-refractivity contribution in [1.29, 1.82) is 0 Å². The first-order valence-corrected chi connectivity index (χ1v) is 20.7. The van der Waals surface area contributed by atoms with E-state index in [-0.39, 0.29) is 26.5 Å². The second kappa shape index (κ2) is 14.0. The molecule has 0 aliphatic carbocycles. The van der Waals surface area contributed by atoms with Gasteiger partial charge in [-0.3, -0.25) is 0 Å². The number of para-hydroxylation sites is 5. The van der Waals surface area contributed by atoms with Crippen molar-refractivity contribution in [2.45, 2.75) is 26.2 Å². The molecule has 0 fully saturated rings. The topological polar surface area (TPSA) is 45.7 Å². The third-order valence-corrected chi connectivity index (χ3v) is 12.3. The van der Waals surface area contributed by atoms with Gasteiger partial charge >= 0.3 is 0 Å². The van der Waals surface area contributed by atoms with Crippen molar-refractivity contribution >= 4 is 76.5 Å². The summed E-state index contributed by atoms with van der Waals surface area (Å²) in [6, 6.07) is 58.5. The number of imidazole rings is 1. The Morgan fingerprint density at radius 1 is 0.581 bits per heavy atom. The van der Waals surface area contributed by atoms with E-state index in [1.807, 2.05) is 58.8 Å². The molecule has 0 N–H and O–H groups in total. The SMILES string of the molecule is Cn1[c-][n+](-c2[c-]c(Oc3[c-]c4c(cc3)c3c5c6ccccc6n(C)c5c5c6ccccc6n(-c6ccccc6)c5c3n4-c3cc(C(C)(C)C)ccn3)ccc2)c2ccccc21.[Pt]. The quantitative estimate of drug-likeness (QED) is 0.127. The van der Waals surface area contributed by atoms with E-state index in [1.54, 1.807) is 0 Å². The molecule has 0 radical (unpaired) electrons. The third kappa shape index (κ3) is 5.54. The molecular weight excluding hydrogens is 944 g/mol. The maximum absolute atomic E-state index is 6.73. The van der Waals surface area contributed by atoms with Crippen molar-refractivity contribution in [3.63, 3.8) is 0 Å². The van der Waals surface area contributed by atoms with Crippen LogP contribution in [-0.4, -0.2) is 23.3 Å². The van der Waals surface area contributed by atoms with Crippen LogP contribution in [0, 0.1) is 18.5 Å². The molecule has 0 amide bonds. The van der Waals surface area contributed by atoms with E-state index < -0.39 is 0 Å². The third-order valence-electron chi connectivity index (χ3n) is 12.3. The van der Waals surface area contributed by atoms with Crippen molar-refractivity contribution in [3.05, 3.63) is 176 Å². The number of hydrogen-bond donors (Lipinski definition) is 0. The molecule has 12 rings (SSSR count). The number of rotatable bonds is 5. The summed E-state index contributed by atoms with van der Waals surface area (Å²) in [5, 5.41) is 7.01. The van der Waals surface area contributed by atoms with Crippen LogP contribution in [0.25, 0.3) is 93.6 Å². The molecule has 0 saturated heterocycles. The fourth-order valence-corrected chi connectivity index (χ4v) is 9.58. The minimum atomic E-state index is -0.105. The Morgan fingerprint density at radius 3 is 2.03 bits per heavy atom. The largest absolute Gasteiger partial charge is 0.510 e. The van der Waals surface area contributed by atoms with Crippen LogP contribution in [0.2, 0.25) is 0 Å². The summed E-state index contributed by atoms with van der Waals surface area (Å²) in [4.78, 5) is 5.17. The zero-order valence-electron chi connectivity index (χ0n) is 34.8. The molecule has 304 valence electrons. The number of pyridine rings is 1. The smallest absolute Gasteiger partial charge is 0.242 e. The average Bonchev–Trinajstić information content (AvgIpc) is 4.00. The van der Waals surface area contributed by atoms with Crippen molar-refractivity contribution in [2.24, 2.45) is 14.1 Å². The van der Waals surface area contributed by atoms with Crippen LogP contribution < -0.4 is 9.30 Å². The molecule has 0 saturated carbocycles. The van der Waals surface area contributed by atoms with Crippen LogP contribution >= 0.6 is 0 Å². The number of nitrogens with zero attached hydrogens (tertiary/aromatic N) is 6.